The van der Waals surface area contributed by atoms with E-state index in [1.165, 1.54) is 0 Å². The van der Waals surface area contributed by atoms with Gasteiger partial charge in [-0.3, -0.25) is 9.69 Å². The van der Waals surface area contributed by atoms with Gasteiger partial charge in [-0.15, -0.1) is 0 Å². The molecule has 0 fully saturated rings. The van der Waals surface area contributed by atoms with E-state index in [2.05, 4.69) is 28.2 Å². The summed E-state index contributed by atoms with van der Waals surface area (Å²) in [4.78, 5) is 19.1. The predicted octanol–water partition coefficient (Wildman–Crippen LogP) is 4.49. The fraction of sp³-hybridized carbons (Fsp3) is 0.455. The largest absolute Gasteiger partial charge is 0.496 e. The molecular weight excluding hydrogens is 338 g/mol. The lowest BCUT2D eigenvalue weighted by Gasteiger charge is -2.24. The number of benzene rings is 1. The van der Waals surface area contributed by atoms with Gasteiger partial charge in [-0.05, 0) is 25.1 Å². The smallest absolute Gasteiger partial charge is 0.230 e. The highest BCUT2D eigenvalue weighted by molar-refractivity contribution is 5.94. The average molecular weight is 370 g/mol. The zero-order valence-electron chi connectivity index (χ0n) is 17.1. The monoisotopic (exact) mass is 369 g/mol. The van der Waals surface area contributed by atoms with Gasteiger partial charge in [-0.25, -0.2) is 4.98 Å². The van der Waals surface area contributed by atoms with Gasteiger partial charge in [0, 0.05) is 35.8 Å². The van der Waals surface area contributed by atoms with Gasteiger partial charge in [0.05, 0.1) is 7.11 Å². The number of para-hydroxylation sites is 1. The Bertz CT molecular complexity index is 753. The van der Waals surface area contributed by atoms with Gasteiger partial charge in [-0.1, -0.05) is 52.0 Å². The molecule has 1 aromatic carbocycles. The van der Waals surface area contributed by atoms with Crippen LogP contribution in [-0.2, 0) is 17.9 Å². The molecule has 0 atom stereocenters. The Balaban J connectivity index is 2.20. The Hall–Kier alpha value is -2.40. The molecule has 5 nitrogen and oxygen atoms in total. The van der Waals surface area contributed by atoms with Gasteiger partial charge in [0.15, 0.2) is 0 Å². The fourth-order valence-electron chi connectivity index (χ4n) is 2.82. The van der Waals surface area contributed by atoms with Crippen LogP contribution in [0.1, 0.15) is 45.2 Å². The quantitative estimate of drug-likeness (QED) is 0.745. The van der Waals surface area contributed by atoms with Crippen LogP contribution in [0.4, 0.5) is 5.82 Å². The molecule has 0 aliphatic heterocycles. The van der Waals surface area contributed by atoms with Crippen molar-refractivity contribution < 1.29 is 9.53 Å². The molecule has 1 aromatic heterocycles. The van der Waals surface area contributed by atoms with Gasteiger partial charge < -0.3 is 10.1 Å². The Morgan fingerprint density at radius 2 is 1.78 bits per heavy atom. The molecule has 146 valence electrons. The van der Waals surface area contributed by atoms with Crippen LogP contribution in [0, 0.1) is 5.41 Å². The summed E-state index contributed by atoms with van der Waals surface area (Å²) in [5, 5.41) is 2.98. The van der Waals surface area contributed by atoms with Gasteiger partial charge in [0.2, 0.25) is 5.91 Å². The summed E-state index contributed by atoms with van der Waals surface area (Å²) in [6.45, 7) is 10.3. The highest BCUT2D eigenvalue weighted by atomic mass is 16.5. The molecule has 0 saturated carbocycles. The Morgan fingerprint density at radius 1 is 1.11 bits per heavy atom. The number of nitrogens with zero attached hydrogens (tertiary/aromatic N) is 2. The number of carbonyl (C=O) groups excluding carboxylic acids is 1. The second-order valence-electron chi connectivity index (χ2n) is 7.74. The Labute approximate surface area is 162 Å². The first-order valence-corrected chi connectivity index (χ1v) is 9.44. The number of aromatic nitrogens is 1. The van der Waals surface area contributed by atoms with E-state index in [0.717, 1.165) is 36.4 Å². The molecule has 5 heteroatoms. The maximum atomic E-state index is 12.4. The minimum atomic E-state index is -0.463. The third-order valence-electron chi connectivity index (χ3n) is 4.32. The molecule has 0 aliphatic rings. The van der Waals surface area contributed by atoms with E-state index in [0.29, 0.717) is 12.4 Å². The molecular formula is C22H31N3O2. The first-order valence-electron chi connectivity index (χ1n) is 9.44. The van der Waals surface area contributed by atoms with Crippen LogP contribution in [0.2, 0.25) is 0 Å². The number of ether oxygens (including phenoxy) is 1. The number of nitrogens with one attached hydrogen (secondary N) is 1. The van der Waals surface area contributed by atoms with Gasteiger partial charge in [0.25, 0.3) is 0 Å². The van der Waals surface area contributed by atoms with Crippen molar-refractivity contribution in [2.45, 2.75) is 47.2 Å². The van der Waals surface area contributed by atoms with E-state index in [-0.39, 0.29) is 5.91 Å². The predicted molar refractivity (Wildman–Crippen MR) is 110 cm³/mol. The summed E-state index contributed by atoms with van der Waals surface area (Å²) in [5.74, 6) is 1.50. The molecule has 1 amide bonds. The molecule has 0 spiro atoms. The minimum Gasteiger partial charge on any atom is -0.496 e. The first kappa shape index (κ1) is 20.9. The lowest BCUT2D eigenvalue weighted by atomic mass is 9.95. The first-order chi connectivity index (χ1) is 12.8. The summed E-state index contributed by atoms with van der Waals surface area (Å²) >= 11 is 0. The average Bonchev–Trinajstić information content (AvgIpc) is 2.63. The van der Waals surface area contributed by atoms with Crippen molar-refractivity contribution in [1.29, 1.82) is 0 Å². The maximum Gasteiger partial charge on any atom is 0.230 e. The standard InChI is InChI=1S/C22H31N3O2/c1-6-14-25(15-17-10-7-8-12-19(17)27-5)16-18-11-9-13-23-20(18)24-21(26)22(2,3)4/h7-13H,6,14-16H2,1-5H3,(H,23,24,26). The molecule has 0 radical (unpaired) electrons. The second-order valence-corrected chi connectivity index (χ2v) is 7.74. The highest BCUT2D eigenvalue weighted by Gasteiger charge is 2.23. The number of amides is 1. The van der Waals surface area contributed by atoms with Crippen molar-refractivity contribution in [3.05, 3.63) is 53.7 Å². The van der Waals surface area contributed by atoms with E-state index in [1.54, 1.807) is 13.3 Å². The maximum absolute atomic E-state index is 12.4. The van der Waals surface area contributed by atoms with Crippen LogP contribution >= 0.6 is 0 Å². The van der Waals surface area contributed by atoms with Gasteiger partial charge in [-0.2, -0.15) is 0 Å². The minimum absolute atomic E-state index is 0.0331. The number of pyridine rings is 1. The van der Waals surface area contributed by atoms with Crippen molar-refractivity contribution in [1.82, 2.24) is 9.88 Å². The van der Waals surface area contributed by atoms with Crippen LogP contribution in [0.3, 0.4) is 0 Å². The molecule has 27 heavy (non-hydrogen) atoms. The second kappa shape index (κ2) is 9.51. The van der Waals surface area contributed by atoms with Crippen LogP contribution in [0.25, 0.3) is 0 Å². The number of hydrogen-bond donors (Lipinski definition) is 1. The normalized spacial score (nSPS) is 11.5. The number of rotatable bonds is 8. The van der Waals surface area contributed by atoms with Crippen molar-refractivity contribution in [2.75, 3.05) is 19.0 Å². The van der Waals surface area contributed by atoms with Crippen molar-refractivity contribution in [3.63, 3.8) is 0 Å². The summed E-state index contributed by atoms with van der Waals surface area (Å²) in [6.07, 6.45) is 2.76. The van der Waals surface area contributed by atoms with E-state index in [1.807, 2.05) is 51.1 Å². The molecule has 0 saturated heterocycles. The summed E-state index contributed by atoms with van der Waals surface area (Å²) in [5.41, 5.74) is 1.70. The molecule has 0 aliphatic carbocycles. The number of hydrogen-bond acceptors (Lipinski definition) is 4. The molecule has 2 rings (SSSR count). The third-order valence-corrected chi connectivity index (χ3v) is 4.32. The summed E-state index contributed by atoms with van der Waals surface area (Å²) in [6, 6.07) is 12.0. The van der Waals surface area contributed by atoms with Crippen molar-refractivity contribution in [3.8, 4) is 5.75 Å². The van der Waals surface area contributed by atoms with Crippen molar-refractivity contribution in [2.24, 2.45) is 5.41 Å². The van der Waals surface area contributed by atoms with E-state index < -0.39 is 5.41 Å². The molecule has 0 bridgehead atoms. The summed E-state index contributed by atoms with van der Waals surface area (Å²) < 4.78 is 5.49. The van der Waals surface area contributed by atoms with Crippen LogP contribution < -0.4 is 10.1 Å². The topological polar surface area (TPSA) is 54.5 Å². The molecule has 1 heterocycles. The fourth-order valence-corrected chi connectivity index (χ4v) is 2.82. The van der Waals surface area contributed by atoms with Crippen LogP contribution in [-0.4, -0.2) is 29.4 Å². The summed E-state index contributed by atoms with van der Waals surface area (Å²) in [7, 11) is 1.70. The Morgan fingerprint density at radius 3 is 2.44 bits per heavy atom. The number of carbonyl (C=O) groups is 1. The zero-order chi connectivity index (χ0) is 19.9. The molecule has 2 aromatic rings. The SMILES string of the molecule is CCCN(Cc1ccccc1OC)Cc1cccnc1NC(=O)C(C)(C)C. The number of methoxy groups -OCH3 is 1. The van der Waals surface area contributed by atoms with Crippen LogP contribution in [0.15, 0.2) is 42.6 Å². The Kier molecular flexibility index (Phi) is 7.36. The lowest BCUT2D eigenvalue weighted by Crippen LogP contribution is -2.29. The van der Waals surface area contributed by atoms with Crippen LogP contribution in [0.5, 0.6) is 5.75 Å². The van der Waals surface area contributed by atoms with E-state index in [4.69, 9.17) is 4.74 Å². The highest BCUT2D eigenvalue weighted by Crippen LogP contribution is 2.23. The molecule has 0 unspecified atom stereocenters. The third kappa shape index (κ3) is 6.07. The van der Waals surface area contributed by atoms with Crippen molar-refractivity contribution >= 4 is 11.7 Å². The van der Waals surface area contributed by atoms with E-state index >= 15 is 0 Å². The molecule has 1 N–H and O–H groups in total. The van der Waals surface area contributed by atoms with Gasteiger partial charge in [0.1, 0.15) is 11.6 Å². The number of anilines is 1. The van der Waals surface area contributed by atoms with E-state index in [9.17, 15) is 4.79 Å². The van der Waals surface area contributed by atoms with Gasteiger partial charge >= 0.3 is 0 Å². The zero-order valence-corrected chi connectivity index (χ0v) is 17.1. The lowest BCUT2D eigenvalue weighted by molar-refractivity contribution is -0.123.